The van der Waals surface area contributed by atoms with Crippen LogP contribution in [0.3, 0.4) is 0 Å². The second-order valence-corrected chi connectivity index (χ2v) is 5.97. The number of hydrazine groups is 1. The van der Waals surface area contributed by atoms with E-state index in [9.17, 15) is 24.9 Å². The van der Waals surface area contributed by atoms with Gasteiger partial charge in [0.05, 0.1) is 11.8 Å². The summed E-state index contributed by atoms with van der Waals surface area (Å²) in [6, 6.07) is 11.7. The van der Waals surface area contributed by atoms with Crippen LogP contribution in [0, 0.1) is 6.92 Å². The minimum Gasteiger partial charge on any atom is -0.508 e. The zero-order valence-corrected chi connectivity index (χ0v) is 15.1. The number of hydrogen-bond donors (Lipinski definition) is 5. The van der Waals surface area contributed by atoms with Crippen molar-refractivity contribution >= 4 is 17.5 Å². The maximum Gasteiger partial charge on any atom is 0.266 e. The third kappa shape index (κ3) is 4.82. The molecule has 27 heavy (non-hydrogen) atoms. The highest BCUT2D eigenvalue weighted by Crippen LogP contribution is 2.20. The largest absolute Gasteiger partial charge is 0.508 e. The Kier molecular flexibility index (Phi) is 6.89. The minimum atomic E-state index is -1.28. The number of aliphatic hydroxyl groups excluding tert-OH is 2. The van der Waals surface area contributed by atoms with Crippen LogP contribution in [-0.2, 0) is 4.79 Å². The van der Waals surface area contributed by atoms with Gasteiger partial charge in [-0.3, -0.25) is 9.59 Å². The Hall–Kier alpha value is -2.94. The van der Waals surface area contributed by atoms with E-state index in [1.54, 1.807) is 37.3 Å². The molecule has 0 aliphatic carbocycles. The first-order valence-corrected chi connectivity index (χ1v) is 8.37. The molecular weight excluding hydrogens is 350 g/mol. The number of nitrogens with one attached hydrogen (secondary N) is 2. The average molecular weight is 373 g/mol. The Bertz CT molecular complexity index is 795. The lowest BCUT2D eigenvalue weighted by atomic mass is 10.1. The highest BCUT2D eigenvalue weighted by Gasteiger charge is 2.31. The van der Waals surface area contributed by atoms with Crippen LogP contribution in [0.4, 0.5) is 5.69 Å². The van der Waals surface area contributed by atoms with Gasteiger partial charge in [0.25, 0.3) is 11.8 Å². The number of phenols is 1. The molecule has 0 aliphatic rings. The Balaban J connectivity index is 2.28. The van der Waals surface area contributed by atoms with Gasteiger partial charge in [-0.1, -0.05) is 24.3 Å². The third-order valence-electron chi connectivity index (χ3n) is 4.05. The molecule has 2 aromatic rings. The molecule has 5 N–H and O–H groups in total. The summed E-state index contributed by atoms with van der Waals surface area (Å²) >= 11 is 0. The van der Waals surface area contributed by atoms with Crippen molar-refractivity contribution in [1.29, 1.82) is 0 Å². The van der Waals surface area contributed by atoms with Crippen molar-refractivity contribution in [2.24, 2.45) is 0 Å². The second kappa shape index (κ2) is 9.13. The molecule has 0 aromatic heterocycles. The molecular formula is C19H23N3O5. The van der Waals surface area contributed by atoms with E-state index < -0.39 is 30.7 Å². The minimum absolute atomic E-state index is 0.0459. The van der Waals surface area contributed by atoms with Gasteiger partial charge in [-0.25, -0.2) is 10.4 Å². The molecule has 0 aliphatic heterocycles. The van der Waals surface area contributed by atoms with Gasteiger partial charge in [-0.15, -0.1) is 0 Å². The van der Waals surface area contributed by atoms with E-state index >= 15 is 0 Å². The Morgan fingerprint density at radius 3 is 2.37 bits per heavy atom. The molecule has 8 heteroatoms. The quantitative estimate of drug-likeness (QED) is 0.359. The van der Waals surface area contributed by atoms with Gasteiger partial charge in [0.2, 0.25) is 0 Å². The van der Waals surface area contributed by atoms with E-state index in [1.807, 2.05) is 0 Å². The molecule has 2 rings (SSSR count). The van der Waals surface area contributed by atoms with Gasteiger partial charge in [0, 0.05) is 11.1 Å². The molecule has 2 atom stereocenters. The number of para-hydroxylation sites is 1. The molecule has 144 valence electrons. The summed E-state index contributed by atoms with van der Waals surface area (Å²) in [6.07, 6.45) is -1.20. The number of carbonyl (C=O) groups is 2. The number of rotatable bonds is 7. The van der Waals surface area contributed by atoms with Gasteiger partial charge < -0.3 is 20.6 Å². The topological polar surface area (TPSA) is 122 Å². The smallest absolute Gasteiger partial charge is 0.266 e. The number of aliphatic hydroxyl groups is 2. The van der Waals surface area contributed by atoms with Gasteiger partial charge >= 0.3 is 0 Å². The lowest BCUT2D eigenvalue weighted by molar-refractivity contribution is -0.123. The number of hydrogen-bond acceptors (Lipinski definition) is 6. The number of phenolic OH excluding ortho intramolecular Hbond substituents is 1. The molecule has 0 spiro atoms. The maximum absolute atomic E-state index is 12.9. The highest BCUT2D eigenvalue weighted by atomic mass is 16.3. The molecule has 0 saturated heterocycles. The predicted octanol–water partition coefficient (Wildman–Crippen LogP) is 0.667. The van der Waals surface area contributed by atoms with Crippen molar-refractivity contribution in [2.75, 3.05) is 11.7 Å². The van der Waals surface area contributed by atoms with E-state index in [1.165, 1.54) is 25.1 Å². The van der Waals surface area contributed by atoms with Crippen LogP contribution >= 0.6 is 0 Å². The van der Waals surface area contributed by atoms with Gasteiger partial charge in [-0.2, -0.15) is 0 Å². The summed E-state index contributed by atoms with van der Waals surface area (Å²) in [5.41, 5.74) is 3.49. The van der Waals surface area contributed by atoms with Crippen LogP contribution in [0.1, 0.15) is 22.8 Å². The van der Waals surface area contributed by atoms with E-state index in [4.69, 9.17) is 0 Å². The molecule has 8 nitrogen and oxygen atoms in total. The Morgan fingerprint density at radius 1 is 1.11 bits per heavy atom. The number of amides is 2. The second-order valence-electron chi connectivity index (χ2n) is 5.97. The highest BCUT2D eigenvalue weighted by molar-refractivity contribution is 6.03. The van der Waals surface area contributed by atoms with Crippen LogP contribution < -0.4 is 15.8 Å². The number of carbonyl (C=O) groups excluding carboxylic acids is 2. The van der Waals surface area contributed by atoms with Crippen molar-refractivity contribution < 1.29 is 24.9 Å². The number of aromatic hydroxyl groups is 1. The maximum atomic E-state index is 12.9. The van der Waals surface area contributed by atoms with Crippen LogP contribution in [0.15, 0.2) is 48.5 Å². The van der Waals surface area contributed by atoms with Crippen molar-refractivity contribution in [3.8, 4) is 5.75 Å². The Morgan fingerprint density at radius 2 is 1.78 bits per heavy atom. The molecule has 2 amide bonds. The van der Waals surface area contributed by atoms with E-state index in [-0.39, 0.29) is 11.3 Å². The summed E-state index contributed by atoms with van der Waals surface area (Å²) < 4.78 is 0. The van der Waals surface area contributed by atoms with Crippen LogP contribution in [0.5, 0.6) is 5.75 Å². The summed E-state index contributed by atoms with van der Waals surface area (Å²) in [4.78, 5) is 25.5. The van der Waals surface area contributed by atoms with Crippen LogP contribution in [-0.4, -0.2) is 46.0 Å². The first kappa shape index (κ1) is 20.4. The predicted molar refractivity (Wildman–Crippen MR) is 99.9 cm³/mol. The lowest BCUT2D eigenvalue weighted by Crippen LogP contribution is -2.57. The molecule has 2 aromatic carbocycles. The molecule has 0 fully saturated rings. The number of benzene rings is 2. The summed E-state index contributed by atoms with van der Waals surface area (Å²) in [5.74, 6) is -1.31. The van der Waals surface area contributed by atoms with Crippen molar-refractivity contribution in [3.05, 3.63) is 59.7 Å². The van der Waals surface area contributed by atoms with Crippen LogP contribution in [0.25, 0.3) is 0 Å². The fourth-order valence-electron chi connectivity index (χ4n) is 2.56. The summed E-state index contributed by atoms with van der Waals surface area (Å²) in [5, 5.41) is 32.6. The van der Waals surface area contributed by atoms with E-state index in [0.717, 1.165) is 5.01 Å². The van der Waals surface area contributed by atoms with E-state index in [0.29, 0.717) is 11.3 Å². The van der Waals surface area contributed by atoms with Gasteiger partial charge in [0.15, 0.2) is 0 Å². The zero-order valence-electron chi connectivity index (χ0n) is 15.1. The molecule has 0 heterocycles. The number of nitrogens with zero attached hydrogens (tertiary/aromatic N) is 1. The monoisotopic (exact) mass is 373 g/mol. The van der Waals surface area contributed by atoms with Crippen LogP contribution in [0.2, 0.25) is 0 Å². The van der Waals surface area contributed by atoms with Gasteiger partial charge in [0.1, 0.15) is 18.5 Å². The van der Waals surface area contributed by atoms with Gasteiger partial charge in [-0.05, 0) is 38.1 Å². The fourth-order valence-corrected chi connectivity index (χ4v) is 2.56. The standard InChI is InChI=1S/C19H23N3O5/c1-12-15(9-6-10-16(12)25)18(26)21-17(13(2)24)19(27)22(20-11-23)14-7-4-3-5-8-14/h3-10,13,17,20,23-25H,11H2,1-2H3,(H,21,26)/t13-,17+/m1/s1. The molecule has 0 bridgehead atoms. The zero-order chi connectivity index (χ0) is 20.0. The van der Waals surface area contributed by atoms with Crippen molar-refractivity contribution in [3.63, 3.8) is 0 Å². The van der Waals surface area contributed by atoms with Crippen molar-refractivity contribution in [2.45, 2.75) is 26.0 Å². The first-order valence-electron chi connectivity index (χ1n) is 8.37. The third-order valence-corrected chi connectivity index (χ3v) is 4.05. The lowest BCUT2D eigenvalue weighted by Gasteiger charge is -2.29. The molecule has 0 saturated carbocycles. The first-order chi connectivity index (χ1) is 12.9. The average Bonchev–Trinajstić information content (AvgIpc) is 2.66. The summed E-state index contributed by atoms with van der Waals surface area (Å²) in [6.45, 7) is 2.43. The SMILES string of the molecule is Cc1c(O)cccc1C(=O)N[C@H](C(=O)N(NCO)c1ccccc1)[C@@H](C)O. The normalized spacial score (nSPS) is 12.9. The summed E-state index contributed by atoms with van der Waals surface area (Å²) in [7, 11) is 0. The van der Waals surface area contributed by atoms with E-state index in [2.05, 4.69) is 10.7 Å². The number of anilines is 1. The fraction of sp³-hybridized carbons (Fsp3) is 0.263. The molecule has 0 radical (unpaired) electrons. The molecule has 0 unspecified atom stereocenters. The Labute approximate surface area is 157 Å². The van der Waals surface area contributed by atoms with Crippen molar-refractivity contribution in [1.82, 2.24) is 10.7 Å².